The first kappa shape index (κ1) is 21.2. The van der Waals surface area contributed by atoms with E-state index in [-0.39, 0.29) is 12.2 Å². The molecule has 148 valence electrons. The van der Waals surface area contributed by atoms with Crippen LogP contribution in [0.3, 0.4) is 0 Å². The number of Topliss-reactive ketones (excluding diaryl/α,β-unsaturated/α-hetero) is 1. The Hall–Kier alpha value is -3.09. The maximum atomic E-state index is 14.1. The van der Waals surface area contributed by atoms with Crippen molar-refractivity contribution in [3.63, 3.8) is 0 Å². The van der Waals surface area contributed by atoms with Gasteiger partial charge in [0.05, 0.1) is 19.1 Å². The number of hydrogen-bond acceptors (Lipinski definition) is 4. The van der Waals surface area contributed by atoms with Crippen molar-refractivity contribution in [1.82, 2.24) is 5.32 Å². The van der Waals surface area contributed by atoms with Crippen molar-refractivity contribution >= 4 is 17.7 Å². The van der Waals surface area contributed by atoms with Crippen LogP contribution in [-0.2, 0) is 14.3 Å². The molecule has 2 aromatic carbocycles. The molecule has 0 bridgehead atoms. The van der Waals surface area contributed by atoms with Crippen molar-refractivity contribution in [3.8, 4) is 11.1 Å². The van der Waals surface area contributed by atoms with Gasteiger partial charge in [-0.15, -0.1) is 0 Å². The number of halogens is 2. The lowest BCUT2D eigenvalue weighted by atomic mass is 9.96. The molecular weight excluding hydrogens is 368 g/mol. The monoisotopic (exact) mass is 389 g/mol. The molecule has 2 rings (SSSR count). The molecule has 0 aromatic heterocycles. The van der Waals surface area contributed by atoms with Gasteiger partial charge in [0.25, 0.3) is 0 Å². The number of carbonyl (C=O) groups excluding carboxylic acids is 3. The zero-order valence-corrected chi connectivity index (χ0v) is 15.6. The molecule has 0 fully saturated rings. The molecule has 0 heterocycles. The first-order valence-corrected chi connectivity index (χ1v) is 8.76. The fraction of sp³-hybridized carbons (Fsp3) is 0.286. The zero-order valence-electron chi connectivity index (χ0n) is 15.6. The predicted octanol–water partition coefficient (Wildman–Crippen LogP) is 3.63. The number of benzene rings is 2. The molecule has 1 amide bonds. The summed E-state index contributed by atoms with van der Waals surface area (Å²) >= 11 is 0. The summed E-state index contributed by atoms with van der Waals surface area (Å²) in [4.78, 5) is 35.5. The van der Waals surface area contributed by atoms with E-state index in [1.54, 1.807) is 12.1 Å². The van der Waals surface area contributed by atoms with Gasteiger partial charge in [-0.05, 0) is 18.1 Å². The molecule has 0 aliphatic heterocycles. The van der Waals surface area contributed by atoms with Gasteiger partial charge in [0.15, 0.2) is 5.78 Å². The fourth-order valence-corrected chi connectivity index (χ4v) is 2.69. The van der Waals surface area contributed by atoms with Crippen LogP contribution >= 0.6 is 0 Å². The van der Waals surface area contributed by atoms with Crippen molar-refractivity contribution in [3.05, 3.63) is 60.2 Å². The second-order valence-corrected chi connectivity index (χ2v) is 6.19. The average Bonchev–Trinajstić information content (AvgIpc) is 2.67. The van der Waals surface area contributed by atoms with Crippen LogP contribution in [0, 0.1) is 0 Å². The summed E-state index contributed by atoms with van der Waals surface area (Å²) in [7, 11) is 0. The van der Waals surface area contributed by atoms with Crippen molar-refractivity contribution in [2.45, 2.75) is 32.2 Å². The number of ether oxygens (including phenoxy) is 1. The Morgan fingerprint density at radius 1 is 1.00 bits per heavy atom. The van der Waals surface area contributed by atoms with E-state index in [1.165, 1.54) is 19.1 Å². The molecule has 1 atom stereocenters. The van der Waals surface area contributed by atoms with Crippen molar-refractivity contribution in [2.75, 3.05) is 6.61 Å². The number of hydrogen-bond donors (Lipinski definition) is 1. The molecule has 1 unspecified atom stereocenters. The molecule has 2 aromatic rings. The number of rotatable bonds is 8. The van der Waals surface area contributed by atoms with Crippen LogP contribution in [0.2, 0.25) is 0 Å². The SMILES string of the molecule is CCOC(=O)C(F)(F)CC(NC(C)=O)C(=O)c1ccc(-c2ccccc2)cc1. The van der Waals surface area contributed by atoms with Crippen LogP contribution in [0.15, 0.2) is 54.6 Å². The fourth-order valence-electron chi connectivity index (χ4n) is 2.69. The van der Waals surface area contributed by atoms with Crippen LogP contribution < -0.4 is 5.32 Å². The lowest BCUT2D eigenvalue weighted by Gasteiger charge is -2.22. The van der Waals surface area contributed by atoms with Gasteiger partial charge in [0.2, 0.25) is 5.91 Å². The summed E-state index contributed by atoms with van der Waals surface area (Å²) in [5, 5.41) is 2.20. The van der Waals surface area contributed by atoms with E-state index in [0.29, 0.717) is 0 Å². The van der Waals surface area contributed by atoms with Gasteiger partial charge in [0, 0.05) is 12.5 Å². The first-order chi connectivity index (χ1) is 13.2. The average molecular weight is 389 g/mol. The minimum Gasteiger partial charge on any atom is -0.462 e. The molecule has 0 saturated carbocycles. The highest BCUT2D eigenvalue weighted by molar-refractivity contribution is 6.02. The highest BCUT2D eigenvalue weighted by Gasteiger charge is 2.44. The Balaban J connectivity index is 2.22. The maximum absolute atomic E-state index is 14.1. The molecular formula is C21H21F2NO4. The molecule has 0 spiro atoms. The van der Waals surface area contributed by atoms with Crippen molar-refractivity contribution in [1.29, 1.82) is 0 Å². The van der Waals surface area contributed by atoms with Gasteiger partial charge in [-0.25, -0.2) is 4.79 Å². The lowest BCUT2D eigenvalue weighted by molar-refractivity contribution is -0.172. The van der Waals surface area contributed by atoms with Crippen LogP contribution in [0.5, 0.6) is 0 Å². The Morgan fingerprint density at radius 3 is 2.11 bits per heavy atom. The minimum atomic E-state index is -3.90. The van der Waals surface area contributed by atoms with E-state index in [9.17, 15) is 23.2 Å². The third-order valence-electron chi connectivity index (χ3n) is 4.01. The van der Waals surface area contributed by atoms with Gasteiger partial charge in [0.1, 0.15) is 0 Å². The van der Waals surface area contributed by atoms with Crippen molar-refractivity contribution < 1.29 is 27.9 Å². The predicted molar refractivity (Wildman–Crippen MR) is 100 cm³/mol. The van der Waals surface area contributed by atoms with Gasteiger partial charge < -0.3 is 10.1 Å². The molecule has 5 nitrogen and oxygen atoms in total. The van der Waals surface area contributed by atoms with Gasteiger partial charge >= 0.3 is 11.9 Å². The van der Waals surface area contributed by atoms with E-state index in [4.69, 9.17) is 0 Å². The Kier molecular flexibility index (Phi) is 6.98. The number of esters is 1. The minimum absolute atomic E-state index is 0.151. The summed E-state index contributed by atoms with van der Waals surface area (Å²) in [6, 6.07) is 14.3. The number of ketones is 1. The Morgan fingerprint density at radius 2 is 1.57 bits per heavy atom. The molecule has 0 saturated heterocycles. The smallest absolute Gasteiger partial charge is 0.377 e. The molecule has 0 radical (unpaired) electrons. The van der Waals surface area contributed by atoms with Crippen LogP contribution in [-0.4, -0.2) is 36.2 Å². The van der Waals surface area contributed by atoms with E-state index in [2.05, 4.69) is 10.1 Å². The van der Waals surface area contributed by atoms with Gasteiger partial charge in [-0.1, -0.05) is 54.6 Å². The number of alkyl halides is 2. The van der Waals surface area contributed by atoms with Crippen LogP contribution in [0.25, 0.3) is 11.1 Å². The molecule has 28 heavy (non-hydrogen) atoms. The van der Waals surface area contributed by atoms with E-state index >= 15 is 0 Å². The van der Waals surface area contributed by atoms with Gasteiger partial charge in [-0.2, -0.15) is 8.78 Å². The summed E-state index contributed by atoms with van der Waals surface area (Å²) in [6.07, 6.45) is -1.18. The molecule has 1 N–H and O–H groups in total. The standard InChI is InChI=1S/C21H21F2NO4/c1-3-28-20(27)21(22,23)13-18(24-14(2)25)19(26)17-11-9-16(10-12-17)15-7-5-4-6-8-15/h4-12,18H,3,13H2,1-2H3,(H,24,25). The summed E-state index contributed by atoms with van der Waals surface area (Å²) < 4.78 is 32.5. The quantitative estimate of drug-likeness (QED) is 0.553. The normalized spacial score (nSPS) is 12.1. The molecule has 0 aliphatic rings. The number of amides is 1. The highest BCUT2D eigenvalue weighted by atomic mass is 19.3. The van der Waals surface area contributed by atoms with E-state index in [0.717, 1.165) is 18.1 Å². The zero-order chi connectivity index (χ0) is 20.7. The number of carbonyl (C=O) groups is 3. The van der Waals surface area contributed by atoms with Crippen LogP contribution in [0.4, 0.5) is 8.78 Å². The van der Waals surface area contributed by atoms with Gasteiger partial charge in [-0.3, -0.25) is 9.59 Å². The van der Waals surface area contributed by atoms with E-state index in [1.807, 2.05) is 30.3 Å². The van der Waals surface area contributed by atoms with E-state index < -0.39 is 36.0 Å². The largest absolute Gasteiger partial charge is 0.462 e. The summed E-state index contributed by atoms with van der Waals surface area (Å²) in [5.41, 5.74) is 1.94. The second kappa shape index (κ2) is 9.21. The number of nitrogens with one attached hydrogen (secondary N) is 1. The topological polar surface area (TPSA) is 72.5 Å². The summed E-state index contributed by atoms with van der Waals surface area (Å²) in [6.45, 7) is 2.30. The molecule has 0 aliphatic carbocycles. The Bertz CT molecular complexity index is 835. The highest BCUT2D eigenvalue weighted by Crippen LogP contribution is 2.25. The lowest BCUT2D eigenvalue weighted by Crippen LogP contribution is -2.46. The van der Waals surface area contributed by atoms with Crippen LogP contribution in [0.1, 0.15) is 30.6 Å². The van der Waals surface area contributed by atoms with Crippen molar-refractivity contribution in [2.24, 2.45) is 0 Å². The maximum Gasteiger partial charge on any atom is 0.377 e. The second-order valence-electron chi connectivity index (χ2n) is 6.19. The third-order valence-corrected chi connectivity index (χ3v) is 4.01. The summed E-state index contributed by atoms with van der Waals surface area (Å²) in [5.74, 6) is -6.99. The molecule has 7 heteroatoms. The Labute approximate surface area is 161 Å². The first-order valence-electron chi connectivity index (χ1n) is 8.76. The third kappa shape index (κ3) is 5.45.